The highest BCUT2D eigenvalue weighted by molar-refractivity contribution is 6.05. The molecular formula is C16H16N2O8. The predicted molar refractivity (Wildman–Crippen MR) is 89.2 cm³/mol. The third kappa shape index (κ3) is 6.35. The third-order valence-electron chi connectivity index (χ3n) is 2.74. The van der Waals surface area contributed by atoms with E-state index in [1.807, 2.05) is 0 Å². The fourth-order valence-corrected chi connectivity index (χ4v) is 1.57. The largest absolute Gasteiger partial charge is 0.502 e. The minimum atomic E-state index is -1.05. The fraction of sp³-hybridized carbons (Fsp3) is 0.125. The number of anilines is 2. The number of hydrogen-bond acceptors (Lipinski definition) is 8. The van der Waals surface area contributed by atoms with Gasteiger partial charge in [-0.1, -0.05) is 0 Å². The topological polar surface area (TPSA) is 151 Å². The number of rotatable bonds is 6. The normalized spacial score (nSPS) is 11.3. The van der Waals surface area contributed by atoms with E-state index in [1.165, 1.54) is 24.3 Å². The van der Waals surface area contributed by atoms with E-state index in [-0.39, 0.29) is 0 Å². The molecule has 0 radical (unpaired) electrons. The van der Waals surface area contributed by atoms with Gasteiger partial charge in [0.25, 0.3) is 11.8 Å². The molecule has 26 heavy (non-hydrogen) atoms. The summed E-state index contributed by atoms with van der Waals surface area (Å²) in [6.07, 6.45) is 1.31. The maximum atomic E-state index is 11.6. The number of benzene rings is 1. The second kappa shape index (κ2) is 9.47. The molecule has 0 aliphatic carbocycles. The van der Waals surface area contributed by atoms with Gasteiger partial charge in [-0.15, -0.1) is 0 Å². The number of hydrogen-bond donors (Lipinski definition) is 4. The number of esters is 2. The van der Waals surface area contributed by atoms with Crippen molar-refractivity contribution in [3.8, 4) is 0 Å². The first-order valence-electron chi connectivity index (χ1n) is 6.96. The van der Waals surface area contributed by atoms with E-state index in [0.717, 1.165) is 14.2 Å². The molecule has 0 aromatic heterocycles. The molecule has 4 N–H and O–H groups in total. The van der Waals surface area contributed by atoms with E-state index in [9.17, 15) is 29.4 Å². The number of amides is 2. The first-order valence-corrected chi connectivity index (χ1v) is 6.96. The van der Waals surface area contributed by atoms with Crippen molar-refractivity contribution in [1.29, 1.82) is 0 Å². The van der Waals surface area contributed by atoms with E-state index in [0.29, 0.717) is 23.5 Å². The molecule has 0 unspecified atom stereocenters. The van der Waals surface area contributed by atoms with Crippen LogP contribution in [0.4, 0.5) is 11.4 Å². The van der Waals surface area contributed by atoms with Crippen LogP contribution in [0.1, 0.15) is 0 Å². The Morgan fingerprint density at radius 2 is 1.08 bits per heavy atom. The average Bonchev–Trinajstić information content (AvgIpc) is 2.61. The summed E-state index contributed by atoms with van der Waals surface area (Å²) in [6.45, 7) is 0. The Balaban J connectivity index is 2.69. The standard InChI is InChI=1S/C16H16N2O8/c1-25-15(23)11(19)7-13(21)17-9-3-5-10(6-4-9)18-14(22)8-12(20)16(24)26-2/h3-8,19-20H,1-2H3,(H,17,21)(H,18,22)/b11-7-,12-8+. The number of aliphatic hydroxyl groups excluding tert-OH is 2. The van der Waals surface area contributed by atoms with Gasteiger partial charge in [0, 0.05) is 11.4 Å². The van der Waals surface area contributed by atoms with Crippen molar-refractivity contribution < 1.29 is 38.9 Å². The van der Waals surface area contributed by atoms with Gasteiger partial charge in [0.1, 0.15) is 0 Å². The van der Waals surface area contributed by atoms with Crippen molar-refractivity contribution in [1.82, 2.24) is 0 Å². The Morgan fingerprint density at radius 3 is 1.35 bits per heavy atom. The smallest absolute Gasteiger partial charge is 0.373 e. The van der Waals surface area contributed by atoms with Crippen molar-refractivity contribution in [3.63, 3.8) is 0 Å². The molecule has 10 heteroatoms. The van der Waals surface area contributed by atoms with E-state index in [2.05, 4.69) is 20.1 Å². The summed E-state index contributed by atoms with van der Waals surface area (Å²) in [7, 11) is 2.11. The van der Waals surface area contributed by atoms with Crippen LogP contribution in [-0.4, -0.2) is 48.2 Å². The highest BCUT2D eigenvalue weighted by Crippen LogP contribution is 2.14. The van der Waals surface area contributed by atoms with Gasteiger partial charge in [-0.3, -0.25) is 9.59 Å². The molecule has 0 saturated carbocycles. The lowest BCUT2D eigenvalue weighted by Gasteiger charge is -2.06. The Kier molecular flexibility index (Phi) is 7.37. The van der Waals surface area contributed by atoms with Crippen LogP contribution in [-0.2, 0) is 28.7 Å². The fourth-order valence-electron chi connectivity index (χ4n) is 1.57. The lowest BCUT2D eigenvalue weighted by atomic mass is 10.2. The van der Waals surface area contributed by atoms with E-state index >= 15 is 0 Å². The third-order valence-corrected chi connectivity index (χ3v) is 2.74. The van der Waals surface area contributed by atoms with Crippen LogP contribution in [0.25, 0.3) is 0 Å². The molecule has 1 rings (SSSR count). The van der Waals surface area contributed by atoms with Gasteiger partial charge in [-0.2, -0.15) is 0 Å². The molecule has 0 heterocycles. The van der Waals surface area contributed by atoms with Gasteiger partial charge in [-0.05, 0) is 24.3 Å². The second-order valence-corrected chi connectivity index (χ2v) is 4.60. The predicted octanol–water partition coefficient (Wildman–Crippen LogP) is 0.793. The molecule has 2 amide bonds. The van der Waals surface area contributed by atoms with Crippen molar-refractivity contribution in [2.75, 3.05) is 24.9 Å². The lowest BCUT2D eigenvalue weighted by Crippen LogP contribution is -2.13. The summed E-state index contributed by atoms with van der Waals surface area (Å²) in [5, 5.41) is 23.3. The van der Waals surface area contributed by atoms with Crippen molar-refractivity contribution in [2.45, 2.75) is 0 Å². The molecule has 0 fully saturated rings. The number of ether oxygens (including phenoxy) is 2. The van der Waals surface area contributed by atoms with Crippen LogP contribution in [0, 0.1) is 0 Å². The van der Waals surface area contributed by atoms with E-state index < -0.39 is 35.3 Å². The molecular weight excluding hydrogens is 348 g/mol. The summed E-state index contributed by atoms with van der Waals surface area (Å²) < 4.78 is 8.47. The van der Waals surface area contributed by atoms with E-state index in [4.69, 9.17) is 0 Å². The van der Waals surface area contributed by atoms with Crippen LogP contribution in [0.2, 0.25) is 0 Å². The zero-order valence-corrected chi connectivity index (χ0v) is 13.8. The van der Waals surface area contributed by atoms with E-state index in [1.54, 1.807) is 0 Å². The number of carbonyl (C=O) groups excluding carboxylic acids is 4. The first-order chi connectivity index (χ1) is 12.3. The van der Waals surface area contributed by atoms with Crippen molar-refractivity contribution in [3.05, 3.63) is 47.9 Å². The Bertz CT molecular complexity index is 700. The summed E-state index contributed by atoms with van der Waals surface area (Å²) in [5.41, 5.74) is 0.629. The SMILES string of the molecule is COC(=O)/C(O)=C/C(=O)Nc1ccc(NC(=O)/C=C(/O)C(=O)OC)cc1. The lowest BCUT2D eigenvalue weighted by molar-refractivity contribution is -0.140. The molecule has 0 aliphatic rings. The molecule has 10 nitrogen and oxygen atoms in total. The molecule has 0 saturated heterocycles. The number of nitrogens with one attached hydrogen (secondary N) is 2. The van der Waals surface area contributed by atoms with Gasteiger partial charge in [0.15, 0.2) is 0 Å². The van der Waals surface area contributed by atoms with Gasteiger partial charge >= 0.3 is 11.9 Å². The highest BCUT2D eigenvalue weighted by atomic mass is 16.5. The minimum absolute atomic E-state index is 0.315. The minimum Gasteiger partial charge on any atom is -0.502 e. The second-order valence-electron chi connectivity index (χ2n) is 4.60. The maximum Gasteiger partial charge on any atom is 0.373 e. The van der Waals surface area contributed by atoms with Gasteiger partial charge in [0.2, 0.25) is 11.5 Å². The summed E-state index contributed by atoms with van der Waals surface area (Å²) in [5.74, 6) is -5.36. The maximum absolute atomic E-state index is 11.6. The summed E-state index contributed by atoms with van der Waals surface area (Å²) >= 11 is 0. The summed E-state index contributed by atoms with van der Waals surface area (Å²) in [4.78, 5) is 45.2. The molecule has 138 valence electrons. The zero-order chi connectivity index (χ0) is 19.7. The first kappa shape index (κ1) is 20.2. The van der Waals surface area contributed by atoms with Gasteiger partial charge in [-0.25, -0.2) is 9.59 Å². The van der Waals surface area contributed by atoms with Crippen LogP contribution in [0.15, 0.2) is 47.9 Å². The number of aliphatic hydroxyl groups is 2. The van der Waals surface area contributed by atoms with Gasteiger partial charge < -0.3 is 30.3 Å². The van der Waals surface area contributed by atoms with Crippen molar-refractivity contribution in [2.24, 2.45) is 0 Å². The molecule has 0 spiro atoms. The quantitative estimate of drug-likeness (QED) is 0.328. The average molecular weight is 364 g/mol. The van der Waals surface area contributed by atoms with Crippen LogP contribution in [0.5, 0.6) is 0 Å². The monoisotopic (exact) mass is 364 g/mol. The molecule has 1 aromatic carbocycles. The number of carbonyl (C=O) groups is 4. The molecule has 0 aliphatic heterocycles. The van der Waals surface area contributed by atoms with Crippen LogP contribution >= 0.6 is 0 Å². The molecule has 0 atom stereocenters. The Labute approximate surface area is 147 Å². The Hall–Kier alpha value is -3.82. The van der Waals surface area contributed by atoms with Crippen LogP contribution in [0.3, 0.4) is 0 Å². The van der Waals surface area contributed by atoms with Gasteiger partial charge in [0.05, 0.1) is 26.4 Å². The summed E-state index contributed by atoms with van der Waals surface area (Å²) in [6, 6.07) is 5.72. The number of methoxy groups -OCH3 is 2. The zero-order valence-electron chi connectivity index (χ0n) is 13.8. The van der Waals surface area contributed by atoms with Crippen molar-refractivity contribution >= 4 is 35.1 Å². The highest BCUT2D eigenvalue weighted by Gasteiger charge is 2.11. The molecule has 0 bridgehead atoms. The van der Waals surface area contributed by atoms with Crippen LogP contribution < -0.4 is 10.6 Å². The Morgan fingerprint density at radius 1 is 0.769 bits per heavy atom. The molecule has 1 aromatic rings.